The molecule has 2 N–H and O–H groups in total. The number of thiazole rings is 1. The molecular weight excluding hydrogens is 258 g/mol. The van der Waals surface area contributed by atoms with Gasteiger partial charge in [-0.1, -0.05) is 0 Å². The molecule has 19 heavy (non-hydrogen) atoms. The number of aryl methyl sites for hydroxylation is 1. The lowest BCUT2D eigenvalue weighted by Gasteiger charge is -2.49. The maximum atomic E-state index is 6.12. The molecule has 0 radical (unpaired) electrons. The number of ether oxygens (including phenoxy) is 1. The second-order valence-electron chi connectivity index (χ2n) is 6.18. The first-order valence-electron chi connectivity index (χ1n) is 6.83. The second kappa shape index (κ2) is 5.48. The van der Waals surface area contributed by atoms with Crippen molar-refractivity contribution in [3.8, 4) is 0 Å². The van der Waals surface area contributed by atoms with E-state index in [-0.39, 0.29) is 11.1 Å². The Balaban J connectivity index is 2.14. The van der Waals surface area contributed by atoms with E-state index in [4.69, 9.17) is 10.5 Å². The predicted molar refractivity (Wildman–Crippen MR) is 79.4 cm³/mol. The van der Waals surface area contributed by atoms with Crippen LogP contribution in [0.3, 0.4) is 0 Å². The van der Waals surface area contributed by atoms with E-state index in [0.29, 0.717) is 6.54 Å². The highest BCUT2D eigenvalue weighted by Crippen LogP contribution is 2.36. The average Bonchev–Trinajstić information content (AvgIpc) is 2.73. The maximum absolute atomic E-state index is 6.12. The fourth-order valence-electron chi connectivity index (χ4n) is 2.97. The summed E-state index contributed by atoms with van der Waals surface area (Å²) in [5.41, 5.74) is 9.12. The predicted octanol–water partition coefficient (Wildman–Crippen LogP) is 2.17. The molecule has 0 saturated carbocycles. The lowest BCUT2D eigenvalue weighted by atomic mass is 9.80. The minimum Gasteiger partial charge on any atom is -0.375 e. The Morgan fingerprint density at radius 2 is 2.26 bits per heavy atom. The second-order valence-corrected chi connectivity index (χ2v) is 7.12. The maximum Gasteiger partial charge on any atom is 0.0798 e. The van der Waals surface area contributed by atoms with Crippen LogP contribution < -0.4 is 5.73 Å². The van der Waals surface area contributed by atoms with Gasteiger partial charge >= 0.3 is 0 Å². The van der Waals surface area contributed by atoms with Crippen molar-refractivity contribution in [3.05, 3.63) is 16.1 Å². The highest BCUT2D eigenvalue weighted by molar-refractivity contribution is 7.09. The summed E-state index contributed by atoms with van der Waals surface area (Å²) in [5, 5.41) is 0. The van der Waals surface area contributed by atoms with Gasteiger partial charge in [0.05, 0.1) is 16.8 Å². The molecule has 5 heteroatoms. The largest absolute Gasteiger partial charge is 0.375 e. The van der Waals surface area contributed by atoms with E-state index in [0.717, 1.165) is 31.7 Å². The number of nitrogens with zero attached hydrogens (tertiary/aromatic N) is 2. The number of aromatic nitrogens is 1. The quantitative estimate of drug-likeness (QED) is 0.920. The van der Waals surface area contributed by atoms with Crippen LogP contribution in [-0.4, -0.2) is 41.2 Å². The summed E-state index contributed by atoms with van der Waals surface area (Å²) >= 11 is 1.73. The van der Waals surface area contributed by atoms with Crippen LogP contribution in [0.4, 0.5) is 0 Å². The van der Waals surface area contributed by atoms with Crippen LogP contribution in [0.1, 0.15) is 37.3 Å². The molecular formula is C14H25N3OS. The van der Waals surface area contributed by atoms with Crippen molar-refractivity contribution in [1.29, 1.82) is 0 Å². The number of rotatable bonds is 4. The summed E-state index contributed by atoms with van der Waals surface area (Å²) < 4.78 is 5.84. The smallest absolute Gasteiger partial charge is 0.0798 e. The molecule has 0 spiro atoms. The van der Waals surface area contributed by atoms with Crippen molar-refractivity contribution < 1.29 is 4.74 Å². The summed E-state index contributed by atoms with van der Waals surface area (Å²) in [6.45, 7) is 8.77. The standard InChI is InChI=1S/C14H25N3OS/c1-11-12(19-10-16-11)7-17(4)14(9-15)5-6-18-13(2,3)8-14/h10H,5-9,15H2,1-4H3. The first kappa shape index (κ1) is 14.9. The Kier molecular flexibility index (Phi) is 4.30. The first-order valence-corrected chi connectivity index (χ1v) is 7.71. The van der Waals surface area contributed by atoms with Crippen molar-refractivity contribution in [2.75, 3.05) is 20.2 Å². The minimum absolute atomic E-state index is 0.0399. The molecule has 0 aromatic carbocycles. The molecule has 2 rings (SSSR count). The van der Waals surface area contributed by atoms with E-state index in [1.165, 1.54) is 4.88 Å². The van der Waals surface area contributed by atoms with Gasteiger partial charge in [0.1, 0.15) is 0 Å². The zero-order valence-electron chi connectivity index (χ0n) is 12.4. The van der Waals surface area contributed by atoms with Crippen LogP contribution in [-0.2, 0) is 11.3 Å². The molecule has 0 amide bonds. The zero-order chi connectivity index (χ0) is 14.1. The molecule has 1 saturated heterocycles. The molecule has 1 aliphatic rings. The van der Waals surface area contributed by atoms with Gasteiger partial charge in [0, 0.05) is 30.1 Å². The fraction of sp³-hybridized carbons (Fsp3) is 0.786. The number of nitrogens with two attached hydrogens (primary N) is 1. The molecule has 1 aromatic rings. The highest BCUT2D eigenvalue weighted by atomic mass is 32.1. The molecule has 108 valence electrons. The molecule has 2 heterocycles. The lowest BCUT2D eigenvalue weighted by molar-refractivity contribution is -0.114. The third-order valence-electron chi connectivity index (χ3n) is 4.23. The summed E-state index contributed by atoms with van der Waals surface area (Å²) in [7, 11) is 2.17. The Morgan fingerprint density at radius 3 is 2.79 bits per heavy atom. The lowest BCUT2D eigenvalue weighted by Crippen LogP contribution is -2.59. The van der Waals surface area contributed by atoms with E-state index in [9.17, 15) is 0 Å². The Bertz CT molecular complexity index is 432. The zero-order valence-corrected chi connectivity index (χ0v) is 13.2. The van der Waals surface area contributed by atoms with Gasteiger partial charge in [0.15, 0.2) is 0 Å². The third kappa shape index (κ3) is 3.16. The van der Waals surface area contributed by atoms with Crippen molar-refractivity contribution in [1.82, 2.24) is 9.88 Å². The molecule has 1 fully saturated rings. The summed E-state index contributed by atoms with van der Waals surface area (Å²) in [4.78, 5) is 8.06. The number of likely N-dealkylation sites (N-methyl/N-ethyl adjacent to an activating group) is 1. The molecule has 0 bridgehead atoms. The van der Waals surface area contributed by atoms with E-state index >= 15 is 0 Å². The molecule has 1 aromatic heterocycles. The van der Waals surface area contributed by atoms with Gasteiger partial charge in [-0.15, -0.1) is 11.3 Å². The van der Waals surface area contributed by atoms with Gasteiger partial charge in [0.25, 0.3) is 0 Å². The van der Waals surface area contributed by atoms with Gasteiger partial charge in [-0.25, -0.2) is 4.98 Å². The summed E-state index contributed by atoms with van der Waals surface area (Å²) in [6.07, 6.45) is 1.98. The van der Waals surface area contributed by atoms with Crippen molar-refractivity contribution in [3.63, 3.8) is 0 Å². The first-order chi connectivity index (χ1) is 8.88. The van der Waals surface area contributed by atoms with Crippen LogP contribution in [0.2, 0.25) is 0 Å². The highest BCUT2D eigenvalue weighted by Gasteiger charge is 2.42. The Hall–Kier alpha value is -0.490. The summed E-state index contributed by atoms with van der Waals surface area (Å²) in [5.74, 6) is 0. The van der Waals surface area contributed by atoms with E-state index in [2.05, 4.69) is 37.7 Å². The average molecular weight is 283 g/mol. The molecule has 1 atom stereocenters. The summed E-state index contributed by atoms with van der Waals surface area (Å²) in [6, 6.07) is 0. The van der Waals surface area contributed by atoms with Crippen LogP contribution in [0.5, 0.6) is 0 Å². The van der Waals surface area contributed by atoms with Crippen LogP contribution in [0, 0.1) is 6.92 Å². The van der Waals surface area contributed by atoms with E-state index in [1.54, 1.807) is 11.3 Å². The van der Waals surface area contributed by atoms with E-state index < -0.39 is 0 Å². The number of hydrogen-bond donors (Lipinski definition) is 1. The monoisotopic (exact) mass is 283 g/mol. The SMILES string of the molecule is Cc1ncsc1CN(C)C1(CN)CCOC(C)(C)C1. The Morgan fingerprint density at radius 1 is 1.53 bits per heavy atom. The van der Waals surface area contributed by atoms with Crippen molar-refractivity contribution in [2.45, 2.75) is 51.3 Å². The Labute approximate surface area is 120 Å². The van der Waals surface area contributed by atoms with E-state index in [1.807, 2.05) is 5.51 Å². The fourth-order valence-corrected chi connectivity index (χ4v) is 3.80. The third-order valence-corrected chi connectivity index (χ3v) is 5.15. The van der Waals surface area contributed by atoms with Gasteiger partial charge in [-0.2, -0.15) is 0 Å². The van der Waals surface area contributed by atoms with Gasteiger partial charge in [0.2, 0.25) is 0 Å². The molecule has 0 aliphatic carbocycles. The molecule has 1 aliphatic heterocycles. The van der Waals surface area contributed by atoms with Gasteiger partial charge < -0.3 is 10.5 Å². The topological polar surface area (TPSA) is 51.4 Å². The van der Waals surface area contributed by atoms with Crippen LogP contribution in [0.15, 0.2) is 5.51 Å². The van der Waals surface area contributed by atoms with Gasteiger partial charge in [-0.05, 0) is 40.7 Å². The normalized spacial score (nSPS) is 26.8. The van der Waals surface area contributed by atoms with Crippen LogP contribution >= 0.6 is 11.3 Å². The van der Waals surface area contributed by atoms with Crippen LogP contribution in [0.25, 0.3) is 0 Å². The minimum atomic E-state index is -0.0887. The number of hydrogen-bond acceptors (Lipinski definition) is 5. The van der Waals surface area contributed by atoms with Crippen molar-refractivity contribution >= 4 is 11.3 Å². The van der Waals surface area contributed by atoms with Gasteiger partial charge in [-0.3, -0.25) is 4.90 Å². The van der Waals surface area contributed by atoms with Crippen molar-refractivity contribution in [2.24, 2.45) is 5.73 Å². The molecule has 1 unspecified atom stereocenters. The molecule has 4 nitrogen and oxygen atoms in total.